The van der Waals surface area contributed by atoms with E-state index >= 15 is 0 Å². The van der Waals surface area contributed by atoms with Crippen LogP contribution in [0.15, 0.2) is 17.2 Å². The molecule has 1 aliphatic rings. The Hall–Kier alpha value is -0.210. The molecule has 9 heteroatoms. The lowest BCUT2D eigenvalue weighted by Crippen LogP contribution is -2.41. The fourth-order valence-electron chi connectivity index (χ4n) is 1.56. The lowest BCUT2D eigenvalue weighted by molar-refractivity contribution is 0.438. The average Bonchev–Trinajstić information content (AvgIpc) is 2.33. The van der Waals surface area contributed by atoms with E-state index in [-0.39, 0.29) is 28.2 Å². The topological polar surface area (TPSA) is 67.3 Å². The molecule has 2 rings (SSSR count). The summed E-state index contributed by atoms with van der Waals surface area (Å²) in [4.78, 5) is 3.73. The van der Waals surface area contributed by atoms with Gasteiger partial charge < -0.3 is 0 Å². The van der Waals surface area contributed by atoms with Gasteiger partial charge in [0.1, 0.15) is 10.0 Å². The first kappa shape index (κ1) is 14.2. The molecule has 0 bridgehead atoms. The van der Waals surface area contributed by atoms with Gasteiger partial charge in [0.25, 0.3) is 0 Å². The van der Waals surface area contributed by atoms with E-state index in [9.17, 15) is 12.6 Å². The molecule has 18 heavy (non-hydrogen) atoms. The fraction of sp³-hybridized carbons (Fsp3) is 0.444. The first-order chi connectivity index (χ1) is 8.41. The Morgan fingerprint density at radius 3 is 2.44 bits per heavy atom. The van der Waals surface area contributed by atoms with E-state index in [4.69, 9.17) is 23.2 Å². The summed E-state index contributed by atoms with van der Waals surface area (Å²) in [5, 5.41) is 0.161. The zero-order chi connectivity index (χ0) is 13.3. The van der Waals surface area contributed by atoms with Crippen LogP contribution in [0.5, 0.6) is 0 Å². The minimum atomic E-state index is -3.63. The van der Waals surface area contributed by atoms with Gasteiger partial charge in [-0.2, -0.15) is 4.31 Å². The van der Waals surface area contributed by atoms with Crippen LogP contribution in [-0.2, 0) is 20.8 Å². The molecule has 0 unspecified atom stereocenters. The van der Waals surface area contributed by atoms with Crippen LogP contribution in [0, 0.1) is 0 Å². The van der Waals surface area contributed by atoms with Gasteiger partial charge in [0.05, 0.1) is 5.02 Å². The SMILES string of the molecule is O=S1CCN(S(=O)(=O)c2cnc(Cl)c(Cl)c2)CC1. The summed E-state index contributed by atoms with van der Waals surface area (Å²) in [5.41, 5.74) is 0. The number of halogens is 2. The third kappa shape index (κ3) is 2.85. The molecule has 0 saturated carbocycles. The molecule has 0 aliphatic carbocycles. The molecule has 0 spiro atoms. The normalized spacial score (nSPS) is 19.0. The summed E-state index contributed by atoms with van der Waals surface area (Å²) < 4.78 is 37.0. The second-order valence-electron chi connectivity index (χ2n) is 3.70. The number of hydrogen-bond donors (Lipinski definition) is 0. The molecular weight excluding hydrogens is 319 g/mol. The van der Waals surface area contributed by atoms with Crippen LogP contribution in [-0.4, -0.2) is 46.5 Å². The zero-order valence-electron chi connectivity index (χ0n) is 9.17. The van der Waals surface area contributed by atoms with Crippen LogP contribution in [0.25, 0.3) is 0 Å². The van der Waals surface area contributed by atoms with Crippen molar-refractivity contribution in [3.05, 3.63) is 22.4 Å². The van der Waals surface area contributed by atoms with Gasteiger partial charge >= 0.3 is 0 Å². The molecule has 1 aromatic rings. The van der Waals surface area contributed by atoms with Gasteiger partial charge in [-0.1, -0.05) is 23.2 Å². The molecule has 0 atom stereocenters. The summed E-state index contributed by atoms with van der Waals surface area (Å²) >= 11 is 11.4. The highest BCUT2D eigenvalue weighted by atomic mass is 35.5. The van der Waals surface area contributed by atoms with Gasteiger partial charge in [-0.05, 0) is 6.07 Å². The standard InChI is InChI=1S/C9H10Cl2N2O3S2/c10-8-5-7(6-12-9(8)11)18(15,16)13-1-3-17(14)4-2-13/h5-6H,1-4H2. The number of aromatic nitrogens is 1. The molecule has 0 amide bonds. The highest BCUT2D eigenvalue weighted by Gasteiger charge is 2.28. The summed E-state index contributed by atoms with van der Waals surface area (Å²) in [7, 11) is -4.56. The van der Waals surface area contributed by atoms with Gasteiger partial charge in [-0.25, -0.2) is 13.4 Å². The van der Waals surface area contributed by atoms with Crippen molar-refractivity contribution >= 4 is 44.0 Å². The van der Waals surface area contributed by atoms with Crippen LogP contribution in [0.3, 0.4) is 0 Å². The number of rotatable bonds is 2. The molecule has 100 valence electrons. The second-order valence-corrected chi connectivity index (χ2v) is 8.10. The van der Waals surface area contributed by atoms with Crippen LogP contribution in [0.4, 0.5) is 0 Å². The Morgan fingerprint density at radius 1 is 1.28 bits per heavy atom. The number of pyridine rings is 1. The number of hydrogen-bond acceptors (Lipinski definition) is 4. The van der Waals surface area contributed by atoms with E-state index in [1.54, 1.807) is 0 Å². The van der Waals surface area contributed by atoms with Gasteiger partial charge in [-0.15, -0.1) is 0 Å². The predicted molar refractivity (Wildman–Crippen MR) is 70.9 cm³/mol. The van der Waals surface area contributed by atoms with Gasteiger partial charge in [0, 0.05) is 41.6 Å². The smallest absolute Gasteiger partial charge is 0.244 e. The molecule has 1 fully saturated rings. The molecule has 1 saturated heterocycles. The van der Waals surface area contributed by atoms with Crippen molar-refractivity contribution in [2.45, 2.75) is 4.90 Å². The molecule has 0 aromatic carbocycles. The Balaban J connectivity index is 2.30. The maximum absolute atomic E-state index is 12.2. The summed E-state index contributed by atoms with van der Waals surface area (Å²) in [6.45, 7) is 0.490. The third-order valence-electron chi connectivity index (χ3n) is 2.55. The summed E-state index contributed by atoms with van der Waals surface area (Å²) in [6.07, 6.45) is 1.18. The van der Waals surface area contributed by atoms with Crippen molar-refractivity contribution in [3.8, 4) is 0 Å². The fourth-order valence-corrected chi connectivity index (χ4v) is 4.59. The van der Waals surface area contributed by atoms with E-state index < -0.39 is 20.8 Å². The number of sulfonamides is 1. The molecule has 0 N–H and O–H groups in total. The van der Waals surface area contributed by atoms with Gasteiger partial charge in [-0.3, -0.25) is 4.21 Å². The highest BCUT2D eigenvalue weighted by Crippen LogP contribution is 2.24. The zero-order valence-corrected chi connectivity index (χ0v) is 12.3. The summed E-state index contributed by atoms with van der Waals surface area (Å²) in [6, 6.07) is 1.28. The van der Waals surface area contributed by atoms with E-state index in [0.29, 0.717) is 11.5 Å². The molecule has 1 aromatic heterocycles. The molecule has 5 nitrogen and oxygen atoms in total. The Kier molecular flexibility index (Phi) is 4.28. The van der Waals surface area contributed by atoms with E-state index in [1.807, 2.05) is 0 Å². The quantitative estimate of drug-likeness (QED) is 0.763. The van der Waals surface area contributed by atoms with E-state index in [2.05, 4.69) is 4.98 Å². The Labute approximate surface area is 118 Å². The Bertz CT molecular complexity index is 581. The number of nitrogens with zero attached hydrogens (tertiary/aromatic N) is 2. The summed E-state index contributed by atoms with van der Waals surface area (Å²) in [5.74, 6) is 0.710. The van der Waals surface area contributed by atoms with Crippen LogP contribution < -0.4 is 0 Å². The first-order valence-electron chi connectivity index (χ1n) is 5.07. The van der Waals surface area contributed by atoms with E-state index in [1.165, 1.54) is 16.6 Å². The lowest BCUT2D eigenvalue weighted by atomic mass is 10.5. The molecule has 2 heterocycles. The Morgan fingerprint density at radius 2 is 1.89 bits per heavy atom. The second kappa shape index (κ2) is 5.42. The van der Waals surface area contributed by atoms with Crippen molar-refractivity contribution in [1.82, 2.24) is 9.29 Å². The molecule has 0 radical (unpaired) electrons. The first-order valence-corrected chi connectivity index (χ1v) is 8.76. The third-order valence-corrected chi connectivity index (χ3v) is 6.37. The largest absolute Gasteiger partial charge is 0.259 e. The van der Waals surface area contributed by atoms with Crippen LogP contribution >= 0.6 is 23.2 Å². The molecular formula is C9H10Cl2N2O3S2. The van der Waals surface area contributed by atoms with Crippen LogP contribution in [0.2, 0.25) is 10.2 Å². The van der Waals surface area contributed by atoms with Gasteiger partial charge in [0.2, 0.25) is 10.0 Å². The van der Waals surface area contributed by atoms with Crippen molar-refractivity contribution in [3.63, 3.8) is 0 Å². The monoisotopic (exact) mass is 328 g/mol. The van der Waals surface area contributed by atoms with Crippen molar-refractivity contribution in [2.24, 2.45) is 0 Å². The minimum Gasteiger partial charge on any atom is -0.259 e. The van der Waals surface area contributed by atoms with Crippen LogP contribution in [0.1, 0.15) is 0 Å². The predicted octanol–water partition coefficient (Wildman–Crippen LogP) is 1.14. The highest BCUT2D eigenvalue weighted by molar-refractivity contribution is 7.89. The molecule has 1 aliphatic heterocycles. The maximum atomic E-state index is 12.2. The lowest BCUT2D eigenvalue weighted by Gasteiger charge is -2.25. The van der Waals surface area contributed by atoms with Gasteiger partial charge in [0.15, 0.2) is 0 Å². The van der Waals surface area contributed by atoms with E-state index in [0.717, 1.165) is 0 Å². The van der Waals surface area contributed by atoms with Crippen molar-refractivity contribution in [2.75, 3.05) is 24.6 Å². The van der Waals surface area contributed by atoms with Crippen molar-refractivity contribution < 1.29 is 12.6 Å². The maximum Gasteiger partial charge on any atom is 0.244 e. The minimum absolute atomic E-state index is 0.00424. The average molecular weight is 329 g/mol. The van der Waals surface area contributed by atoms with Crippen molar-refractivity contribution in [1.29, 1.82) is 0 Å².